The van der Waals surface area contributed by atoms with E-state index < -0.39 is 0 Å². The van der Waals surface area contributed by atoms with E-state index in [9.17, 15) is 9.59 Å². The van der Waals surface area contributed by atoms with E-state index >= 15 is 0 Å². The van der Waals surface area contributed by atoms with Crippen LogP contribution in [0, 0.1) is 6.92 Å². The van der Waals surface area contributed by atoms with Crippen molar-refractivity contribution >= 4 is 38.4 Å². The van der Waals surface area contributed by atoms with Crippen LogP contribution in [0.1, 0.15) is 17.4 Å². The maximum atomic E-state index is 13.1. The van der Waals surface area contributed by atoms with E-state index in [2.05, 4.69) is 23.4 Å². The molecule has 0 unspecified atom stereocenters. The Bertz CT molecular complexity index is 1350. The summed E-state index contributed by atoms with van der Waals surface area (Å²) in [6, 6.07) is 7.61. The zero-order valence-corrected chi connectivity index (χ0v) is 17.4. The summed E-state index contributed by atoms with van der Waals surface area (Å²) in [5.41, 5.74) is 2.27. The quantitative estimate of drug-likeness (QED) is 0.532. The molecule has 0 bridgehead atoms. The molecule has 1 N–H and O–H groups in total. The Morgan fingerprint density at radius 2 is 2.10 bits per heavy atom. The number of hydrogen-bond donors (Lipinski definition) is 1. The zero-order valence-electron chi connectivity index (χ0n) is 16.6. The Labute approximate surface area is 175 Å². The molecule has 0 saturated carbocycles. The van der Waals surface area contributed by atoms with Crippen LogP contribution in [0.4, 0.5) is 0 Å². The molecule has 0 spiro atoms. The van der Waals surface area contributed by atoms with E-state index in [0.717, 1.165) is 21.2 Å². The van der Waals surface area contributed by atoms with Crippen molar-refractivity contribution in [2.45, 2.75) is 33.5 Å². The number of benzene rings is 1. The van der Waals surface area contributed by atoms with Crippen molar-refractivity contribution in [2.75, 3.05) is 6.79 Å². The number of fused-ring (bicyclic) bond motifs is 4. The molecule has 5 rings (SSSR count). The van der Waals surface area contributed by atoms with Crippen molar-refractivity contribution in [3.8, 4) is 11.5 Å². The molecule has 4 aromatic rings. The second-order valence-corrected chi connectivity index (χ2v) is 8.41. The molecule has 1 aromatic carbocycles. The Kier molecular flexibility index (Phi) is 4.47. The van der Waals surface area contributed by atoms with Gasteiger partial charge in [0.2, 0.25) is 12.7 Å². The van der Waals surface area contributed by atoms with Crippen molar-refractivity contribution in [1.29, 1.82) is 0 Å². The van der Waals surface area contributed by atoms with Gasteiger partial charge in [0.15, 0.2) is 11.5 Å². The first-order valence-corrected chi connectivity index (χ1v) is 10.5. The lowest BCUT2D eigenvalue weighted by atomic mass is 10.2. The number of aryl methyl sites for hydroxylation is 2. The Balaban J connectivity index is 1.38. The topological polar surface area (TPSA) is 87.4 Å². The summed E-state index contributed by atoms with van der Waals surface area (Å²) in [4.78, 5) is 26.7. The summed E-state index contributed by atoms with van der Waals surface area (Å²) in [6.07, 6.45) is 1.69. The van der Waals surface area contributed by atoms with E-state index in [1.807, 2.05) is 29.7 Å². The molecular formula is C21H20N4O4S. The van der Waals surface area contributed by atoms with Gasteiger partial charge in [-0.15, -0.1) is 11.3 Å². The van der Waals surface area contributed by atoms with Crippen LogP contribution in [-0.2, 0) is 24.4 Å². The molecule has 1 amide bonds. The molecule has 3 aromatic heterocycles. The standard InChI is InChI=1S/C21H20N4O4S/c1-3-24-15-6-12(2)30-20(15)14-9-23-25(21(27)19(14)24)10-18(26)22-8-13-4-5-16-17(7-13)29-11-28-16/h4-7,9H,3,8,10-11H2,1-2H3,(H,22,26). The van der Waals surface area contributed by atoms with E-state index in [4.69, 9.17) is 9.47 Å². The Morgan fingerprint density at radius 1 is 1.27 bits per heavy atom. The Hall–Kier alpha value is -3.33. The number of nitrogens with one attached hydrogen (secondary N) is 1. The minimum Gasteiger partial charge on any atom is -0.454 e. The highest BCUT2D eigenvalue weighted by Crippen LogP contribution is 2.34. The molecule has 4 heterocycles. The summed E-state index contributed by atoms with van der Waals surface area (Å²) < 4.78 is 14.9. The fourth-order valence-electron chi connectivity index (χ4n) is 3.80. The third-order valence-corrected chi connectivity index (χ3v) is 6.27. The van der Waals surface area contributed by atoms with Gasteiger partial charge in [0.05, 0.1) is 16.4 Å². The molecule has 9 heteroatoms. The number of carbonyl (C=O) groups excluding carboxylic acids is 1. The molecule has 30 heavy (non-hydrogen) atoms. The van der Waals surface area contributed by atoms with E-state index in [1.165, 1.54) is 9.56 Å². The van der Waals surface area contributed by atoms with Crippen LogP contribution in [0.15, 0.2) is 35.3 Å². The number of aromatic nitrogens is 3. The van der Waals surface area contributed by atoms with E-state index in [0.29, 0.717) is 30.1 Å². The molecule has 1 aliphatic heterocycles. The van der Waals surface area contributed by atoms with Crippen LogP contribution in [-0.4, -0.2) is 27.0 Å². The number of hydrogen-bond acceptors (Lipinski definition) is 6. The lowest BCUT2D eigenvalue weighted by Crippen LogP contribution is -2.33. The number of nitrogens with zero attached hydrogens (tertiary/aromatic N) is 3. The van der Waals surface area contributed by atoms with Crippen molar-refractivity contribution in [2.24, 2.45) is 0 Å². The summed E-state index contributed by atoms with van der Waals surface area (Å²) in [5.74, 6) is 1.08. The highest BCUT2D eigenvalue weighted by atomic mass is 32.1. The fourth-order valence-corrected chi connectivity index (χ4v) is 4.83. The summed E-state index contributed by atoms with van der Waals surface area (Å²) >= 11 is 1.65. The molecule has 0 saturated heterocycles. The summed E-state index contributed by atoms with van der Waals surface area (Å²) in [7, 11) is 0. The number of carbonyl (C=O) groups is 1. The monoisotopic (exact) mass is 424 g/mol. The first-order valence-electron chi connectivity index (χ1n) is 9.69. The van der Waals surface area contributed by atoms with Crippen LogP contribution >= 0.6 is 11.3 Å². The van der Waals surface area contributed by atoms with Gasteiger partial charge in [-0.25, -0.2) is 4.68 Å². The third-order valence-electron chi connectivity index (χ3n) is 5.20. The minimum absolute atomic E-state index is 0.138. The number of thiophene rings is 1. The molecule has 0 aliphatic carbocycles. The van der Waals surface area contributed by atoms with Gasteiger partial charge < -0.3 is 19.4 Å². The van der Waals surface area contributed by atoms with Gasteiger partial charge in [-0.1, -0.05) is 6.07 Å². The molecular weight excluding hydrogens is 404 g/mol. The lowest BCUT2D eigenvalue weighted by Gasteiger charge is -2.08. The maximum Gasteiger partial charge on any atom is 0.291 e. The van der Waals surface area contributed by atoms with Crippen molar-refractivity contribution in [1.82, 2.24) is 19.7 Å². The predicted octanol–water partition coefficient (Wildman–Crippen LogP) is 2.79. The minimum atomic E-state index is -0.283. The predicted molar refractivity (Wildman–Crippen MR) is 114 cm³/mol. The highest BCUT2D eigenvalue weighted by Gasteiger charge is 2.18. The number of ether oxygens (including phenoxy) is 2. The normalized spacial score (nSPS) is 12.7. The fraction of sp³-hybridized carbons (Fsp3) is 0.286. The number of amides is 1. The SMILES string of the molecule is CCn1c2cc(C)sc2c2cnn(CC(=O)NCc3ccc4c(c3)OCO4)c(=O)c21. The van der Waals surface area contributed by atoms with E-state index in [-0.39, 0.29) is 24.8 Å². The molecule has 0 radical (unpaired) electrons. The van der Waals surface area contributed by atoms with Gasteiger partial charge in [-0.3, -0.25) is 9.59 Å². The Morgan fingerprint density at radius 3 is 2.93 bits per heavy atom. The number of rotatable bonds is 5. The smallest absolute Gasteiger partial charge is 0.291 e. The molecule has 0 fully saturated rings. The van der Waals surface area contributed by atoms with Gasteiger partial charge in [-0.2, -0.15) is 5.10 Å². The average Bonchev–Trinajstić information content (AvgIpc) is 3.41. The largest absolute Gasteiger partial charge is 0.454 e. The van der Waals surface area contributed by atoms with Crippen molar-refractivity contribution < 1.29 is 14.3 Å². The summed E-state index contributed by atoms with van der Waals surface area (Å²) in [6.45, 7) is 5.13. The molecule has 8 nitrogen and oxygen atoms in total. The molecule has 0 atom stereocenters. The van der Waals surface area contributed by atoms with Crippen LogP contribution in [0.3, 0.4) is 0 Å². The first-order chi connectivity index (χ1) is 14.5. The van der Waals surface area contributed by atoms with Crippen LogP contribution in [0.2, 0.25) is 0 Å². The van der Waals surface area contributed by atoms with E-state index in [1.54, 1.807) is 17.5 Å². The van der Waals surface area contributed by atoms with Crippen molar-refractivity contribution in [3.05, 3.63) is 51.3 Å². The lowest BCUT2D eigenvalue weighted by molar-refractivity contribution is -0.122. The highest BCUT2D eigenvalue weighted by molar-refractivity contribution is 7.20. The van der Waals surface area contributed by atoms with Gasteiger partial charge in [0.25, 0.3) is 5.56 Å². The summed E-state index contributed by atoms with van der Waals surface area (Å²) in [5, 5.41) is 7.93. The zero-order chi connectivity index (χ0) is 20.8. The second-order valence-electron chi connectivity index (χ2n) is 7.15. The average molecular weight is 424 g/mol. The molecule has 1 aliphatic rings. The van der Waals surface area contributed by atoms with Gasteiger partial charge in [0, 0.05) is 23.4 Å². The van der Waals surface area contributed by atoms with Crippen LogP contribution < -0.4 is 20.3 Å². The third kappa shape index (κ3) is 3.02. The van der Waals surface area contributed by atoms with Gasteiger partial charge in [0.1, 0.15) is 12.1 Å². The van der Waals surface area contributed by atoms with Crippen LogP contribution in [0.25, 0.3) is 21.1 Å². The van der Waals surface area contributed by atoms with Crippen molar-refractivity contribution in [3.63, 3.8) is 0 Å². The van der Waals surface area contributed by atoms with Gasteiger partial charge >= 0.3 is 0 Å². The molecule has 154 valence electrons. The maximum absolute atomic E-state index is 13.1. The van der Waals surface area contributed by atoms with Crippen LogP contribution in [0.5, 0.6) is 11.5 Å². The second kappa shape index (κ2) is 7.17. The van der Waals surface area contributed by atoms with Gasteiger partial charge in [-0.05, 0) is 37.6 Å². The first kappa shape index (κ1) is 18.7.